The number of nitrogens with two attached hydrogens (primary N) is 1. The van der Waals surface area contributed by atoms with Crippen molar-refractivity contribution in [1.82, 2.24) is 4.98 Å². The molecule has 0 fully saturated rings. The smallest absolute Gasteiger partial charge is 0.159 e. The number of halogens is 2. The lowest BCUT2D eigenvalue weighted by Crippen LogP contribution is -2.02. The molecule has 3 N–H and O–H groups in total. The second-order valence-corrected chi connectivity index (χ2v) is 3.58. The number of hydrogen-bond acceptors (Lipinski definition) is 3. The Bertz CT molecular complexity index is 529. The Hall–Kier alpha value is -2.17. The Morgan fingerprint density at radius 3 is 2.65 bits per heavy atom. The maximum Gasteiger partial charge on any atom is 0.159 e. The van der Waals surface area contributed by atoms with Gasteiger partial charge in [-0.3, -0.25) is 0 Å². The van der Waals surface area contributed by atoms with Crippen LogP contribution in [0, 0.1) is 11.6 Å². The van der Waals surface area contributed by atoms with E-state index in [0.717, 1.165) is 12.1 Å². The third-order valence-electron chi connectivity index (χ3n) is 2.24. The third-order valence-corrected chi connectivity index (χ3v) is 2.24. The van der Waals surface area contributed by atoms with Gasteiger partial charge in [-0.05, 0) is 23.8 Å². The topological polar surface area (TPSA) is 50.9 Å². The van der Waals surface area contributed by atoms with Crippen LogP contribution in [0.5, 0.6) is 0 Å². The van der Waals surface area contributed by atoms with Crippen molar-refractivity contribution in [2.45, 2.75) is 6.54 Å². The summed E-state index contributed by atoms with van der Waals surface area (Å²) < 4.78 is 25.6. The summed E-state index contributed by atoms with van der Waals surface area (Å²) in [5.74, 6) is -1.12. The van der Waals surface area contributed by atoms with Crippen LogP contribution >= 0.6 is 0 Å². The van der Waals surface area contributed by atoms with E-state index in [0.29, 0.717) is 23.6 Å². The van der Waals surface area contributed by atoms with Gasteiger partial charge in [-0.1, -0.05) is 6.07 Å². The van der Waals surface area contributed by atoms with Crippen LogP contribution in [0.4, 0.5) is 20.3 Å². The number of nitrogen functional groups attached to an aromatic ring is 1. The van der Waals surface area contributed by atoms with Gasteiger partial charge in [0.1, 0.15) is 5.82 Å². The third kappa shape index (κ3) is 2.90. The first-order valence-corrected chi connectivity index (χ1v) is 5.04. The molecule has 1 aromatic heterocycles. The van der Waals surface area contributed by atoms with Crippen LogP contribution in [0.3, 0.4) is 0 Å². The lowest BCUT2D eigenvalue weighted by Gasteiger charge is -2.06. The van der Waals surface area contributed by atoms with Gasteiger partial charge in [-0.25, -0.2) is 13.8 Å². The normalized spacial score (nSPS) is 10.2. The molecule has 3 nitrogen and oxygen atoms in total. The van der Waals surface area contributed by atoms with Gasteiger partial charge >= 0.3 is 0 Å². The average molecular weight is 235 g/mol. The van der Waals surface area contributed by atoms with Crippen molar-refractivity contribution >= 4 is 11.5 Å². The van der Waals surface area contributed by atoms with Crippen molar-refractivity contribution in [2.24, 2.45) is 0 Å². The molecule has 0 amide bonds. The molecule has 0 aliphatic rings. The van der Waals surface area contributed by atoms with Crippen molar-refractivity contribution in [2.75, 3.05) is 11.1 Å². The zero-order valence-corrected chi connectivity index (χ0v) is 8.95. The van der Waals surface area contributed by atoms with Crippen molar-refractivity contribution in [3.8, 4) is 0 Å². The van der Waals surface area contributed by atoms with E-state index in [2.05, 4.69) is 10.3 Å². The largest absolute Gasteiger partial charge is 0.399 e. The van der Waals surface area contributed by atoms with Gasteiger partial charge in [0.25, 0.3) is 0 Å². The minimum Gasteiger partial charge on any atom is -0.399 e. The highest BCUT2D eigenvalue weighted by atomic mass is 19.2. The van der Waals surface area contributed by atoms with Gasteiger partial charge in [-0.15, -0.1) is 0 Å². The van der Waals surface area contributed by atoms with E-state index in [4.69, 9.17) is 5.73 Å². The highest BCUT2D eigenvalue weighted by Gasteiger charge is 2.02. The predicted molar refractivity (Wildman–Crippen MR) is 62.3 cm³/mol. The molecule has 88 valence electrons. The Labute approximate surface area is 97.3 Å². The van der Waals surface area contributed by atoms with Crippen LogP contribution in [0.15, 0.2) is 36.5 Å². The van der Waals surface area contributed by atoms with E-state index >= 15 is 0 Å². The molecule has 0 saturated carbocycles. The fourth-order valence-corrected chi connectivity index (χ4v) is 1.39. The zero-order chi connectivity index (χ0) is 12.3. The summed E-state index contributed by atoms with van der Waals surface area (Å²) >= 11 is 0. The summed E-state index contributed by atoms with van der Waals surface area (Å²) in [5, 5.41) is 2.97. The Morgan fingerprint density at radius 2 is 1.94 bits per heavy atom. The molecule has 0 radical (unpaired) electrons. The number of pyridine rings is 1. The maximum atomic E-state index is 12.9. The predicted octanol–water partition coefficient (Wildman–Crippen LogP) is 2.55. The van der Waals surface area contributed by atoms with E-state index in [1.807, 2.05) is 0 Å². The Balaban J connectivity index is 2.05. The van der Waals surface area contributed by atoms with E-state index in [1.165, 1.54) is 6.07 Å². The number of aromatic nitrogens is 1. The molecule has 0 aliphatic heterocycles. The van der Waals surface area contributed by atoms with Crippen molar-refractivity contribution in [3.63, 3.8) is 0 Å². The minimum absolute atomic E-state index is 0.355. The van der Waals surface area contributed by atoms with Crippen LogP contribution in [0.25, 0.3) is 0 Å². The van der Waals surface area contributed by atoms with Crippen LogP contribution in [0.1, 0.15) is 5.56 Å². The lowest BCUT2D eigenvalue weighted by atomic mass is 10.2. The van der Waals surface area contributed by atoms with Crippen LogP contribution in [-0.4, -0.2) is 4.98 Å². The second-order valence-electron chi connectivity index (χ2n) is 3.58. The summed E-state index contributed by atoms with van der Waals surface area (Å²) in [6.45, 7) is 0.355. The molecule has 1 heterocycles. The molecule has 0 saturated heterocycles. The molecule has 5 heteroatoms. The van der Waals surface area contributed by atoms with E-state index in [9.17, 15) is 8.78 Å². The summed E-state index contributed by atoms with van der Waals surface area (Å²) in [6, 6.07) is 7.09. The summed E-state index contributed by atoms with van der Waals surface area (Å²) in [4.78, 5) is 4.04. The first kappa shape index (κ1) is 11.3. The second kappa shape index (κ2) is 4.78. The van der Waals surface area contributed by atoms with Gasteiger partial charge in [-0.2, -0.15) is 0 Å². The molecular formula is C12H11F2N3. The Morgan fingerprint density at radius 1 is 1.12 bits per heavy atom. The fourth-order valence-electron chi connectivity index (χ4n) is 1.39. The van der Waals surface area contributed by atoms with Gasteiger partial charge in [0, 0.05) is 24.5 Å². The summed E-state index contributed by atoms with van der Waals surface area (Å²) in [7, 11) is 0. The maximum absolute atomic E-state index is 12.9. The monoisotopic (exact) mass is 235 g/mol. The number of nitrogens with zero attached hydrogens (tertiary/aromatic N) is 1. The highest BCUT2D eigenvalue weighted by molar-refractivity contribution is 5.48. The first-order valence-electron chi connectivity index (χ1n) is 5.04. The number of hydrogen-bond donors (Lipinski definition) is 2. The summed E-state index contributed by atoms with van der Waals surface area (Å²) in [5.41, 5.74) is 6.81. The number of rotatable bonds is 3. The van der Waals surface area contributed by atoms with Gasteiger partial charge in [0.05, 0.1) is 0 Å². The van der Waals surface area contributed by atoms with Crippen molar-refractivity contribution in [1.29, 1.82) is 0 Å². The summed E-state index contributed by atoms with van der Waals surface area (Å²) in [6.07, 6.45) is 1.57. The molecule has 2 aromatic rings. The SMILES string of the molecule is Nc1ccnc(NCc2ccc(F)c(F)c2)c1. The fraction of sp³-hybridized carbons (Fsp3) is 0.0833. The van der Waals surface area contributed by atoms with Crippen molar-refractivity contribution < 1.29 is 8.78 Å². The molecule has 0 aliphatic carbocycles. The lowest BCUT2D eigenvalue weighted by molar-refractivity contribution is 0.507. The molecule has 0 spiro atoms. The average Bonchev–Trinajstić information content (AvgIpc) is 2.31. The van der Waals surface area contributed by atoms with E-state index < -0.39 is 11.6 Å². The number of anilines is 2. The standard InChI is InChI=1S/C12H11F2N3/c13-10-2-1-8(5-11(10)14)7-17-12-6-9(15)3-4-16-12/h1-6H,7H2,(H3,15,16,17). The molecule has 0 unspecified atom stereocenters. The van der Waals surface area contributed by atoms with Crippen molar-refractivity contribution in [3.05, 3.63) is 53.7 Å². The zero-order valence-electron chi connectivity index (χ0n) is 8.95. The van der Waals surface area contributed by atoms with Crippen LogP contribution in [-0.2, 0) is 6.54 Å². The molecule has 0 bridgehead atoms. The molecular weight excluding hydrogens is 224 g/mol. The number of benzene rings is 1. The van der Waals surface area contributed by atoms with Crippen LogP contribution < -0.4 is 11.1 Å². The van der Waals surface area contributed by atoms with E-state index in [-0.39, 0.29) is 0 Å². The quantitative estimate of drug-likeness (QED) is 0.859. The van der Waals surface area contributed by atoms with E-state index in [1.54, 1.807) is 18.3 Å². The molecule has 1 aromatic carbocycles. The Kier molecular flexibility index (Phi) is 3.18. The van der Waals surface area contributed by atoms with Gasteiger partial charge < -0.3 is 11.1 Å². The number of nitrogens with one attached hydrogen (secondary N) is 1. The minimum atomic E-state index is -0.857. The molecule has 2 rings (SSSR count). The highest BCUT2D eigenvalue weighted by Crippen LogP contribution is 2.12. The molecule has 17 heavy (non-hydrogen) atoms. The van der Waals surface area contributed by atoms with Crippen LogP contribution in [0.2, 0.25) is 0 Å². The van der Waals surface area contributed by atoms with Gasteiger partial charge in [0.15, 0.2) is 11.6 Å². The van der Waals surface area contributed by atoms with Gasteiger partial charge in [0.2, 0.25) is 0 Å². The first-order chi connectivity index (χ1) is 8.15. The molecule has 0 atom stereocenters.